The maximum Gasteiger partial charge on any atom is 0.416 e. The lowest BCUT2D eigenvalue weighted by atomic mass is 10.0. The van der Waals surface area contributed by atoms with Crippen molar-refractivity contribution in [1.29, 1.82) is 0 Å². The van der Waals surface area contributed by atoms with E-state index in [0.717, 1.165) is 52.5 Å². The fraction of sp³-hybridized carbons (Fsp3) is 0.219. The first-order valence-corrected chi connectivity index (χ1v) is 14.2. The highest BCUT2D eigenvalue weighted by Gasteiger charge is 2.30. The summed E-state index contributed by atoms with van der Waals surface area (Å²) < 4.78 is 60.6. The zero-order valence-corrected chi connectivity index (χ0v) is 23.5. The van der Waals surface area contributed by atoms with Gasteiger partial charge in [0.15, 0.2) is 11.6 Å². The molecule has 3 heterocycles. The number of rotatable bonds is 11. The molecule has 0 saturated carbocycles. The van der Waals surface area contributed by atoms with Crippen molar-refractivity contribution in [2.75, 3.05) is 6.54 Å². The van der Waals surface area contributed by atoms with Crippen molar-refractivity contribution in [3.8, 4) is 22.1 Å². The van der Waals surface area contributed by atoms with Crippen LogP contribution in [0.3, 0.4) is 0 Å². The number of aromatic nitrogens is 2. The lowest BCUT2D eigenvalue weighted by molar-refractivity contribution is -0.137. The Morgan fingerprint density at radius 3 is 2.43 bits per heavy atom. The molecular weight excluding hydrogens is 566 g/mol. The number of fused-ring (bicyclic) bond motifs is 1. The summed E-state index contributed by atoms with van der Waals surface area (Å²) >= 11 is 1.44. The van der Waals surface area contributed by atoms with Gasteiger partial charge in [-0.15, -0.1) is 11.3 Å². The van der Waals surface area contributed by atoms with E-state index in [1.54, 1.807) is 18.3 Å². The molecule has 0 bridgehead atoms. The van der Waals surface area contributed by atoms with Gasteiger partial charge in [0, 0.05) is 37.8 Å². The number of thiophene rings is 1. The first-order valence-electron chi connectivity index (χ1n) is 13.4. The number of pyridine rings is 2. The summed E-state index contributed by atoms with van der Waals surface area (Å²) in [5.74, 6) is -0.573. The van der Waals surface area contributed by atoms with Crippen LogP contribution in [0.15, 0.2) is 79.1 Å². The zero-order valence-electron chi connectivity index (χ0n) is 22.7. The monoisotopic (exact) mass is 593 g/mol. The van der Waals surface area contributed by atoms with Gasteiger partial charge in [0.2, 0.25) is 0 Å². The number of benzene rings is 2. The van der Waals surface area contributed by atoms with Gasteiger partial charge >= 0.3 is 6.18 Å². The fourth-order valence-electron chi connectivity index (χ4n) is 4.44. The van der Waals surface area contributed by atoms with Gasteiger partial charge in [0.1, 0.15) is 11.5 Å². The van der Waals surface area contributed by atoms with Crippen molar-refractivity contribution < 1.29 is 27.1 Å². The zero-order chi connectivity index (χ0) is 29.7. The maximum atomic E-state index is 15.0. The molecular formula is C32H27F4N3O2S. The molecule has 1 N–H and O–H groups in total. The van der Waals surface area contributed by atoms with Gasteiger partial charge in [-0.1, -0.05) is 37.3 Å². The molecule has 0 aliphatic rings. The van der Waals surface area contributed by atoms with Gasteiger partial charge in [0.05, 0.1) is 26.4 Å². The molecule has 0 aliphatic heterocycles. The van der Waals surface area contributed by atoms with E-state index in [9.17, 15) is 18.0 Å². The van der Waals surface area contributed by atoms with Crippen molar-refractivity contribution in [2.45, 2.75) is 38.9 Å². The first-order chi connectivity index (χ1) is 20.2. The second kappa shape index (κ2) is 12.8. The van der Waals surface area contributed by atoms with Gasteiger partial charge in [-0.05, 0) is 60.0 Å². The molecule has 0 radical (unpaired) electrons. The predicted octanol–water partition coefficient (Wildman–Crippen LogP) is 8.16. The molecule has 216 valence electrons. The Kier molecular flexibility index (Phi) is 8.94. The van der Waals surface area contributed by atoms with Gasteiger partial charge in [-0.2, -0.15) is 13.2 Å². The Labute approximate surface area is 244 Å². The molecule has 2 aromatic carbocycles. The smallest absolute Gasteiger partial charge is 0.416 e. The SMILES string of the molecule is CCCNCc1ccc(-c2cc3nccc(Oc4ccc(CC(=O)Cc5cccc(C(F)(F)F)c5)cc4F)c3s2)nc1. The average molecular weight is 594 g/mol. The summed E-state index contributed by atoms with van der Waals surface area (Å²) in [6.07, 6.45) is -0.312. The number of nitrogens with one attached hydrogen (secondary N) is 1. The number of carbonyl (C=O) groups excluding carboxylic acids is 1. The Morgan fingerprint density at radius 1 is 0.929 bits per heavy atom. The van der Waals surface area contributed by atoms with Crippen molar-refractivity contribution in [1.82, 2.24) is 15.3 Å². The number of carbonyl (C=O) groups is 1. The van der Waals surface area contributed by atoms with Crippen molar-refractivity contribution in [3.63, 3.8) is 0 Å². The van der Waals surface area contributed by atoms with Crippen LogP contribution in [0, 0.1) is 5.82 Å². The summed E-state index contributed by atoms with van der Waals surface area (Å²) in [7, 11) is 0. The standard InChI is InChI=1S/C32H27F4N3O2S/c1-2-11-37-18-22-6-8-26(39-19-22)30-17-27-31(42-30)29(10-12-38-27)41-28-9-7-21(16-25(28)33)15-24(40)14-20-4-3-5-23(13-20)32(34,35)36/h3-10,12-13,16-17,19,37H,2,11,14-15,18H2,1H3. The molecule has 5 nitrogen and oxygen atoms in total. The number of hydrogen-bond acceptors (Lipinski definition) is 6. The molecule has 3 aromatic heterocycles. The van der Waals surface area contributed by atoms with E-state index < -0.39 is 17.6 Å². The summed E-state index contributed by atoms with van der Waals surface area (Å²) in [6, 6.07) is 16.4. The third kappa shape index (κ3) is 7.18. The van der Waals surface area contributed by atoms with E-state index in [1.807, 2.05) is 24.4 Å². The van der Waals surface area contributed by atoms with E-state index in [4.69, 9.17) is 4.74 Å². The highest BCUT2D eigenvalue weighted by atomic mass is 32.1. The molecule has 5 rings (SSSR count). The maximum absolute atomic E-state index is 15.0. The van der Waals surface area contributed by atoms with E-state index >= 15 is 4.39 Å². The van der Waals surface area contributed by atoms with Crippen LogP contribution in [0.2, 0.25) is 0 Å². The number of hydrogen-bond donors (Lipinski definition) is 1. The van der Waals surface area contributed by atoms with Gasteiger partial charge in [0.25, 0.3) is 0 Å². The topological polar surface area (TPSA) is 64.1 Å². The third-order valence-electron chi connectivity index (χ3n) is 6.48. The Hall–Kier alpha value is -4.15. The van der Waals surface area contributed by atoms with Crippen LogP contribution in [0.4, 0.5) is 17.6 Å². The largest absolute Gasteiger partial charge is 0.453 e. The number of Topliss-reactive ketones (excluding diaryl/α,β-unsaturated/α-hetero) is 1. The number of halogens is 4. The van der Waals surface area contributed by atoms with E-state index in [-0.39, 0.29) is 29.9 Å². The second-order valence-corrected chi connectivity index (χ2v) is 10.9. The normalized spacial score (nSPS) is 11.6. The molecule has 0 aliphatic carbocycles. The molecule has 0 fully saturated rings. The predicted molar refractivity (Wildman–Crippen MR) is 155 cm³/mol. The van der Waals surface area contributed by atoms with Gasteiger partial charge in [-0.3, -0.25) is 14.8 Å². The van der Waals surface area contributed by atoms with Crippen LogP contribution in [0.25, 0.3) is 20.8 Å². The summed E-state index contributed by atoms with van der Waals surface area (Å²) in [6.45, 7) is 3.81. The quantitative estimate of drug-likeness (QED) is 0.124. The molecule has 0 saturated heterocycles. The van der Waals surface area contributed by atoms with Crippen LogP contribution < -0.4 is 10.1 Å². The average Bonchev–Trinajstić information content (AvgIpc) is 3.40. The summed E-state index contributed by atoms with van der Waals surface area (Å²) in [5, 5.41) is 3.35. The third-order valence-corrected chi connectivity index (χ3v) is 7.64. The molecule has 0 unspecified atom stereocenters. The summed E-state index contributed by atoms with van der Waals surface area (Å²) in [5.41, 5.74) is 2.42. The van der Waals surface area contributed by atoms with Crippen LogP contribution >= 0.6 is 11.3 Å². The Morgan fingerprint density at radius 2 is 1.71 bits per heavy atom. The molecule has 5 aromatic rings. The van der Waals surface area contributed by atoms with Crippen LogP contribution in [-0.2, 0) is 30.4 Å². The molecule has 0 amide bonds. The molecule has 0 spiro atoms. The number of nitrogens with zero attached hydrogens (tertiary/aromatic N) is 2. The highest BCUT2D eigenvalue weighted by Crippen LogP contribution is 2.39. The highest BCUT2D eigenvalue weighted by molar-refractivity contribution is 7.22. The molecule has 10 heteroatoms. The molecule has 0 atom stereocenters. The fourth-order valence-corrected chi connectivity index (χ4v) is 5.48. The van der Waals surface area contributed by atoms with Gasteiger partial charge in [-0.25, -0.2) is 4.39 Å². The van der Waals surface area contributed by atoms with Crippen LogP contribution in [-0.4, -0.2) is 22.3 Å². The minimum Gasteiger partial charge on any atom is -0.453 e. The van der Waals surface area contributed by atoms with Crippen LogP contribution in [0.1, 0.15) is 35.6 Å². The van der Waals surface area contributed by atoms with E-state index in [0.29, 0.717) is 16.8 Å². The lowest BCUT2D eigenvalue weighted by Crippen LogP contribution is -2.13. The van der Waals surface area contributed by atoms with Crippen molar-refractivity contribution in [2.24, 2.45) is 0 Å². The van der Waals surface area contributed by atoms with Crippen molar-refractivity contribution >= 4 is 27.3 Å². The Bertz CT molecular complexity index is 1700. The number of ether oxygens (including phenoxy) is 1. The van der Waals surface area contributed by atoms with Crippen LogP contribution in [0.5, 0.6) is 11.5 Å². The minimum absolute atomic E-state index is 0.0198. The first kappa shape index (κ1) is 29.3. The number of alkyl halides is 3. The molecule has 42 heavy (non-hydrogen) atoms. The van der Waals surface area contributed by atoms with E-state index in [1.165, 1.54) is 35.6 Å². The lowest BCUT2D eigenvalue weighted by Gasteiger charge is -2.10. The van der Waals surface area contributed by atoms with Crippen molar-refractivity contribution in [3.05, 3.63) is 107 Å². The number of ketones is 1. The van der Waals surface area contributed by atoms with Gasteiger partial charge < -0.3 is 10.1 Å². The minimum atomic E-state index is -4.49. The second-order valence-electron chi connectivity index (χ2n) is 9.82. The van der Waals surface area contributed by atoms with E-state index in [2.05, 4.69) is 22.2 Å². The Balaban J connectivity index is 1.27. The summed E-state index contributed by atoms with van der Waals surface area (Å²) in [4.78, 5) is 22.4.